The van der Waals surface area contributed by atoms with E-state index in [9.17, 15) is 4.79 Å². The summed E-state index contributed by atoms with van der Waals surface area (Å²) in [6.45, 7) is 2.06. The van der Waals surface area contributed by atoms with Crippen molar-refractivity contribution in [2.24, 2.45) is 0 Å². The summed E-state index contributed by atoms with van der Waals surface area (Å²) in [6, 6.07) is 11.3. The molecule has 0 unspecified atom stereocenters. The van der Waals surface area contributed by atoms with Crippen LogP contribution in [0.25, 0.3) is 0 Å². The molecule has 0 saturated carbocycles. The summed E-state index contributed by atoms with van der Waals surface area (Å²) in [5, 5.41) is 6.03. The number of anilines is 3. The third-order valence-corrected chi connectivity index (χ3v) is 3.15. The summed E-state index contributed by atoms with van der Waals surface area (Å²) in [6.07, 6.45) is 4.09. The number of unbranched alkanes of at least 4 members (excludes halogenated alkanes) is 1. The molecule has 5 nitrogen and oxygen atoms in total. The molecule has 2 aromatic rings. The van der Waals surface area contributed by atoms with E-state index in [0.29, 0.717) is 17.9 Å². The molecule has 5 heteroatoms. The first-order valence-electron chi connectivity index (χ1n) is 7.38. The maximum absolute atomic E-state index is 11.6. The van der Waals surface area contributed by atoms with Crippen LogP contribution in [0.5, 0.6) is 5.75 Å². The number of carbonyl (C=O) groups excluding carboxylic acids is 1. The zero-order chi connectivity index (χ0) is 15.8. The largest absolute Gasteiger partial charge is 0.497 e. The van der Waals surface area contributed by atoms with Crippen LogP contribution in [0.15, 0.2) is 42.6 Å². The predicted octanol–water partition coefficient (Wildman–Crippen LogP) is 3.96. The molecular weight excluding hydrogens is 278 g/mol. The zero-order valence-corrected chi connectivity index (χ0v) is 12.9. The fraction of sp³-hybridized carbons (Fsp3) is 0.294. The predicted molar refractivity (Wildman–Crippen MR) is 88.7 cm³/mol. The Bertz CT molecular complexity index is 612. The second-order valence-electron chi connectivity index (χ2n) is 4.94. The van der Waals surface area contributed by atoms with Gasteiger partial charge in [-0.15, -0.1) is 0 Å². The van der Waals surface area contributed by atoms with E-state index in [4.69, 9.17) is 4.74 Å². The van der Waals surface area contributed by atoms with E-state index in [2.05, 4.69) is 22.5 Å². The van der Waals surface area contributed by atoms with Crippen LogP contribution in [0.3, 0.4) is 0 Å². The Morgan fingerprint density at radius 1 is 1.23 bits per heavy atom. The molecule has 2 N–H and O–H groups in total. The molecule has 22 heavy (non-hydrogen) atoms. The van der Waals surface area contributed by atoms with Crippen LogP contribution >= 0.6 is 0 Å². The highest BCUT2D eigenvalue weighted by atomic mass is 16.5. The number of nitrogens with zero attached hydrogens (tertiary/aromatic N) is 1. The Labute approximate surface area is 130 Å². The summed E-state index contributed by atoms with van der Waals surface area (Å²) < 4.78 is 5.18. The van der Waals surface area contributed by atoms with Gasteiger partial charge in [-0.05, 0) is 30.7 Å². The molecule has 0 aliphatic rings. The Balaban J connectivity index is 1.95. The number of pyridine rings is 1. The van der Waals surface area contributed by atoms with Crippen molar-refractivity contribution in [2.45, 2.75) is 26.2 Å². The van der Waals surface area contributed by atoms with E-state index in [0.717, 1.165) is 24.3 Å². The third kappa shape index (κ3) is 4.77. The van der Waals surface area contributed by atoms with Crippen molar-refractivity contribution in [3.8, 4) is 5.75 Å². The fourth-order valence-corrected chi connectivity index (χ4v) is 1.95. The van der Waals surface area contributed by atoms with Crippen LogP contribution in [-0.2, 0) is 4.79 Å². The monoisotopic (exact) mass is 299 g/mol. The normalized spacial score (nSPS) is 10.1. The Morgan fingerprint density at radius 2 is 2.09 bits per heavy atom. The molecule has 1 aromatic carbocycles. The lowest BCUT2D eigenvalue weighted by Gasteiger charge is -2.09. The summed E-state index contributed by atoms with van der Waals surface area (Å²) in [4.78, 5) is 15.9. The molecular formula is C17H21N3O2. The minimum Gasteiger partial charge on any atom is -0.497 e. The number of hydrogen-bond acceptors (Lipinski definition) is 4. The van der Waals surface area contributed by atoms with Crippen molar-refractivity contribution in [3.63, 3.8) is 0 Å². The van der Waals surface area contributed by atoms with Crippen LogP contribution in [-0.4, -0.2) is 18.0 Å². The van der Waals surface area contributed by atoms with Crippen molar-refractivity contribution in [2.75, 3.05) is 17.7 Å². The van der Waals surface area contributed by atoms with Crippen molar-refractivity contribution >= 4 is 23.1 Å². The number of carbonyl (C=O) groups is 1. The van der Waals surface area contributed by atoms with Crippen molar-refractivity contribution < 1.29 is 9.53 Å². The minimum absolute atomic E-state index is 0.0251. The minimum atomic E-state index is 0.0251. The van der Waals surface area contributed by atoms with Crippen LogP contribution in [0.2, 0.25) is 0 Å². The summed E-state index contributed by atoms with van der Waals surface area (Å²) in [7, 11) is 1.63. The number of aromatic nitrogens is 1. The first kappa shape index (κ1) is 15.8. The van der Waals surface area contributed by atoms with Gasteiger partial charge in [-0.25, -0.2) is 4.98 Å². The van der Waals surface area contributed by atoms with Crippen molar-refractivity contribution in [1.29, 1.82) is 0 Å². The zero-order valence-electron chi connectivity index (χ0n) is 12.9. The molecule has 1 amide bonds. The van der Waals surface area contributed by atoms with Gasteiger partial charge in [0.2, 0.25) is 5.91 Å². The van der Waals surface area contributed by atoms with E-state index in [-0.39, 0.29) is 5.91 Å². The standard InChI is InChI=1S/C17H21N3O2/c1-3-4-8-17(21)20-14-9-10-16(18-12-14)19-13-6-5-7-15(11-13)22-2/h5-7,9-12H,3-4,8H2,1-2H3,(H,18,19)(H,20,21). The van der Waals surface area contributed by atoms with Gasteiger partial charge in [-0.2, -0.15) is 0 Å². The number of methoxy groups -OCH3 is 1. The van der Waals surface area contributed by atoms with Gasteiger partial charge >= 0.3 is 0 Å². The second-order valence-corrected chi connectivity index (χ2v) is 4.94. The summed E-state index contributed by atoms with van der Waals surface area (Å²) in [5.74, 6) is 1.52. The Morgan fingerprint density at radius 3 is 2.77 bits per heavy atom. The SMILES string of the molecule is CCCCC(=O)Nc1ccc(Nc2cccc(OC)c2)nc1. The van der Waals surface area contributed by atoms with Gasteiger partial charge in [-0.3, -0.25) is 4.79 Å². The number of ether oxygens (including phenoxy) is 1. The Hall–Kier alpha value is -2.56. The van der Waals surface area contributed by atoms with Gasteiger partial charge in [0.05, 0.1) is 19.0 Å². The molecule has 0 fully saturated rings. The number of nitrogens with one attached hydrogen (secondary N) is 2. The van der Waals surface area contributed by atoms with Crippen LogP contribution < -0.4 is 15.4 Å². The van der Waals surface area contributed by atoms with E-state index >= 15 is 0 Å². The van der Waals surface area contributed by atoms with Gasteiger partial charge in [0, 0.05) is 18.2 Å². The Kier molecular flexibility index (Phi) is 5.77. The van der Waals surface area contributed by atoms with Gasteiger partial charge in [0.25, 0.3) is 0 Å². The van der Waals surface area contributed by atoms with Gasteiger partial charge in [0.15, 0.2) is 0 Å². The molecule has 0 bridgehead atoms. The van der Waals surface area contributed by atoms with Gasteiger partial charge in [0.1, 0.15) is 11.6 Å². The molecule has 0 aliphatic heterocycles. The number of hydrogen-bond donors (Lipinski definition) is 2. The topological polar surface area (TPSA) is 63.2 Å². The molecule has 0 aliphatic carbocycles. The third-order valence-electron chi connectivity index (χ3n) is 3.15. The van der Waals surface area contributed by atoms with Gasteiger partial charge < -0.3 is 15.4 Å². The number of benzene rings is 1. The average molecular weight is 299 g/mol. The quantitative estimate of drug-likeness (QED) is 0.812. The molecule has 0 atom stereocenters. The van der Waals surface area contributed by atoms with Gasteiger partial charge in [-0.1, -0.05) is 19.4 Å². The highest BCUT2D eigenvalue weighted by Gasteiger charge is 2.03. The lowest BCUT2D eigenvalue weighted by Crippen LogP contribution is -2.11. The summed E-state index contributed by atoms with van der Waals surface area (Å²) >= 11 is 0. The first-order valence-corrected chi connectivity index (χ1v) is 7.38. The smallest absolute Gasteiger partial charge is 0.224 e. The highest BCUT2D eigenvalue weighted by Crippen LogP contribution is 2.20. The lowest BCUT2D eigenvalue weighted by molar-refractivity contribution is -0.116. The highest BCUT2D eigenvalue weighted by molar-refractivity contribution is 5.90. The second kappa shape index (κ2) is 8.02. The molecule has 116 valence electrons. The molecule has 1 aromatic heterocycles. The van der Waals surface area contributed by atoms with Crippen LogP contribution in [0, 0.1) is 0 Å². The first-order chi connectivity index (χ1) is 10.7. The van der Waals surface area contributed by atoms with Crippen molar-refractivity contribution in [3.05, 3.63) is 42.6 Å². The molecule has 2 rings (SSSR count). The van der Waals surface area contributed by atoms with E-state index in [1.165, 1.54) is 0 Å². The summed E-state index contributed by atoms with van der Waals surface area (Å²) in [5.41, 5.74) is 1.60. The average Bonchev–Trinajstić information content (AvgIpc) is 2.55. The van der Waals surface area contributed by atoms with Crippen molar-refractivity contribution in [1.82, 2.24) is 4.98 Å². The molecule has 0 saturated heterocycles. The van der Waals surface area contributed by atoms with Crippen LogP contribution in [0.1, 0.15) is 26.2 Å². The molecule has 1 heterocycles. The molecule has 0 spiro atoms. The number of amides is 1. The maximum Gasteiger partial charge on any atom is 0.224 e. The number of rotatable bonds is 7. The van der Waals surface area contributed by atoms with E-state index in [1.54, 1.807) is 13.3 Å². The van der Waals surface area contributed by atoms with Crippen LogP contribution in [0.4, 0.5) is 17.2 Å². The fourth-order valence-electron chi connectivity index (χ4n) is 1.95. The maximum atomic E-state index is 11.6. The van der Waals surface area contributed by atoms with E-state index < -0.39 is 0 Å². The molecule has 0 radical (unpaired) electrons. The van der Waals surface area contributed by atoms with E-state index in [1.807, 2.05) is 36.4 Å². The lowest BCUT2D eigenvalue weighted by atomic mass is 10.2.